The van der Waals surface area contributed by atoms with E-state index in [1.54, 1.807) is 0 Å². The summed E-state index contributed by atoms with van der Waals surface area (Å²) in [5, 5.41) is 3.03. The number of hydrogen-bond acceptors (Lipinski definition) is 3. The van der Waals surface area contributed by atoms with Crippen LogP contribution < -0.4 is 5.32 Å². The maximum Gasteiger partial charge on any atom is 0.318 e. The van der Waals surface area contributed by atoms with Crippen molar-refractivity contribution in [1.82, 2.24) is 10.2 Å². The first kappa shape index (κ1) is 27.2. The second-order valence-corrected chi connectivity index (χ2v) is 8.52. The fraction of sp³-hybridized carbons (Fsp3) is 0.519. The van der Waals surface area contributed by atoms with Gasteiger partial charge >= 0.3 is 6.03 Å². The number of hydrogen-bond donors (Lipinski definition) is 1. The van der Waals surface area contributed by atoms with Crippen LogP contribution in [0.2, 0.25) is 0 Å². The molecule has 0 bridgehead atoms. The predicted molar refractivity (Wildman–Crippen MR) is 136 cm³/mol. The highest BCUT2D eigenvalue weighted by atomic mass is 35.5. The number of unbranched alkanes of at least 4 members (excludes halogenated alkanes) is 3. The number of rotatable bonds is 16. The summed E-state index contributed by atoms with van der Waals surface area (Å²) in [7, 11) is 0. The molecule has 0 fully saturated rings. The van der Waals surface area contributed by atoms with E-state index in [1.165, 1.54) is 0 Å². The van der Waals surface area contributed by atoms with Gasteiger partial charge in [-0.3, -0.25) is 0 Å². The van der Waals surface area contributed by atoms with Gasteiger partial charge in [-0.25, -0.2) is 4.79 Å². The molecule has 0 saturated heterocycles. The Morgan fingerprint density at radius 3 is 1.85 bits per heavy atom. The Balaban J connectivity index is 1.77. The molecule has 0 aliphatic carbocycles. The van der Waals surface area contributed by atoms with Crippen LogP contribution in [-0.4, -0.2) is 49.8 Å². The molecule has 5 nitrogen and oxygen atoms in total. The van der Waals surface area contributed by atoms with E-state index in [0.717, 1.165) is 49.3 Å². The number of nitrogens with zero attached hydrogens (tertiary/aromatic N) is 1. The summed E-state index contributed by atoms with van der Waals surface area (Å²) >= 11 is 5.67. The number of ether oxygens (including phenoxy) is 2. The van der Waals surface area contributed by atoms with Gasteiger partial charge in [-0.15, -0.1) is 11.6 Å². The number of carbonyl (C=O) groups is 1. The van der Waals surface area contributed by atoms with Gasteiger partial charge in [0.25, 0.3) is 0 Å². The number of benzene rings is 2. The molecule has 2 atom stereocenters. The van der Waals surface area contributed by atoms with Gasteiger partial charge in [0.2, 0.25) is 0 Å². The van der Waals surface area contributed by atoms with Gasteiger partial charge in [0.15, 0.2) is 0 Å². The first-order valence-electron chi connectivity index (χ1n) is 12.0. The average molecular weight is 475 g/mol. The number of urea groups is 1. The lowest BCUT2D eigenvalue weighted by Crippen LogP contribution is -2.44. The lowest BCUT2D eigenvalue weighted by atomic mass is 10.0. The number of nitrogens with one attached hydrogen (secondary N) is 1. The van der Waals surface area contributed by atoms with Crippen LogP contribution in [0.4, 0.5) is 4.79 Å². The highest BCUT2D eigenvalue weighted by Crippen LogP contribution is 2.30. The molecule has 0 aromatic heterocycles. The van der Waals surface area contributed by atoms with Gasteiger partial charge in [0.05, 0.1) is 31.9 Å². The van der Waals surface area contributed by atoms with E-state index in [-0.39, 0.29) is 18.1 Å². The molecule has 6 heteroatoms. The van der Waals surface area contributed by atoms with Crippen molar-refractivity contribution < 1.29 is 14.3 Å². The molecule has 0 aliphatic rings. The van der Waals surface area contributed by atoms with E-state index in [9.17, 15) is 4.79 Å². The van der Waals surface area contributed by atoms with E-state index in [1.807, 2.05) is 41.3 Å². The molecule has 0 spiro atoms. The quantitative estimate of drug-likeness (QED) is 0.227. The maximum absolute atomic E-state index is 13.2. The average Bonchev–Trinajstić information content (AvgIpc) is 2.85. The van der Waals surface area contributed by atoms with Crippen LogP contribution in [-0.2, 0) is 9.47 Å². The van der Waals surface area contributed by atoms with Crippen molar-refractivity contribution >= 4 is 17.6 Å². The molecule has 0 unspecified atom stereocenters. The Bertz CT molecular complexity index is 715. The zero-order chi connectivity index (χ0) is 23.7. The molecule has 2 aromatic carbocycles. The minimum atomic E-state index is -0.0977. The van der Waals surface area contributed by atoms with Crippen molar-refractivity contribution in [3.8, 4) is 0 Å². The largest absolute Gasteiger partial charge is 0.379 e. The molecule has 0 aliphatic heterocycles. The molecule has 182 valence electrons. The van der Waals surface area contributed by atoms with Crippen molar-refractivity contribution in [3.05, 3.63) is 71.8 Å². The first-order chi connectivity index (χ1) is 16.1. The number of carbonyl (C=O) groups excluding carboxylic acids is 1. The van der Waals surface area contributed by atoms with Gasteiger partial charge in [0, 0.05) is 19.0 Å². The molecule has 2 aromatic rings. The van der Waals surface area contributed by atoms with Gasteiger partial charge < -0.3 is 19.7 Å². The highest BCUT2D eigenvalue weighted by molar-refractivity contribution is 6.17. The van der Waals surface area contributed by atoms with Crippen molar-refractivity contribution in [2.75, 3.05) is 38.9 Å². The lowest BCUT2D eigenvalue weighted by Gasteiger charge is -2.35. The van der Waals surface area contributed by atoms with E-state index in [0.29, 0.717) is 26.4 Å². The number of halogens is 1. The normalized spacial score (nSPS) is 12.8. The lowest BCUT2D eigenvalue weighted by molar-refractivity contribution is 0.0472. The Hall–Kier alpha value is -2.08. The fourth-order valence-corrected chi connectivity index (χ4v) is 3.96. The predicted octanol–water partition coefficient (Wildman–Crippen LogP) is 6.35. The standard InChI is InChI=1S/C27H39ClN2O3/c1-23(25-13-7-5-8-14-25)30(24(2)26-15-9-6-10-16-26)27(31)29-18-20-33-22-21-32-19-12-4-3-11-17-28/h5-10,13-16,23-24H,3-4,11-12,17-22H2,1-2H3,(H,29,31)/t23-,24-/m1/s1. The summed E-state index contributed by atoms with van der Waals surface area (Å²) in [6.07, 6.45) is 4.44. The SMILES string of the molecule is C[C@H](c1ccccc1)N(C(=O)NCCOCCOCCCCCCCl)[C@H](C)c1ccccc1. The van der Waals surface area contributed by atoms with Crippen LogP contribution in [0.1, 0.15) is 62.7 Å². The Kier molecular flexibility index (Phi) is 13.6. The molecular weight excluding hydrogens is 436 g/mol. The van der Waals surface area contributed by atoms with Crippen LogP contribution >= 0.6 is 11.6 Å². The molecular formula is C27H39ClN2O3. The second kappa shape index (κ2) is 16.5. The van der Waals surface area contributed by atoms with Crippen molar-refractivity contribution in [2.24, 2.45) is 0 Å². The van der Waals surface area contributed by atoms with Crippen LogP contribution in [0.15, 0.2) is 60.7 Å². The minimum Gasteiger partial charge on any atom is -0.379 e. The van der Waals surface area contributed by atoms with Gasteiger partial charge in [-0.1, -0.05) is 73.5 Å². The third kappa shape index (κ3) is 10.2. The van der Waals surface area contributed by atoms with Crippen molar-refractivity contribution in [3.63, 3.8) is 0 Å². The van der Waals surface area contributed by atoms with E-state index >= 15 is 0 Å². The second-order valence-electron chi connectivity index (χ2n) is 8.14. The van der Waals surface area contributed by atoms with Gasteiger partial charge in [-0.2, -0.15) is 0 Å². The highest BCUT2D eigenvalue weighted by Gasteiger charge is 2.27. The Morgan fingerprint density at radius 1 is 0.788 bits per heavy atom. The summed E-state index contributed by atoms with van der Waals surface area (Å²) in [5.41, 5.74) is 2.21. The summed E-state index contributed by atoms with van der Waals surface area (Å²) in [4.78, 5) is 15.1. The topological polar surface area (TPSA) is 50.8 Å². The zero-order valence-electron chi connectivity index (χ0n) is 20.0. The Labute approximate surface area is 204 Å². The molecule has 0 radical (unpaired) electrons. The fourth-order valence-electron chi connectivity index (χ4n) is 3.77. The number of amides is 2. The van der Waals surface area contributed by atoms with Gasteiger partial charge in [-0.05, 0) is 37.8 Å². The van der Waals surface area contributed by atoms with E-state index < -0.39 is 0 Å². The van der Waals surface area contributed by atoms with E-state index in [4.69, 9.17) is 21.1 Å². The van der Waals surface area contributed by atoms with E-state index in [2.05, 4.69) is 43.4 Å². The molecule has 2 rings (SSSR count). The molecule has 2 amide bonds. The molecule has 1 N–H and O–H groups in total. The summed E-state index contributed by atoms with van der Waals surface area (Å²) < 4.78 is 11.2. The summed E-state index contributed by atoms with van der Waals surface area (Å²) in [5.74, 6) is 0.735. The van der Waals surface area contributed by atoms with Crippen LogP contribution in [0.3, 0.4) is 0 Å². The number of alkyl halides is 1. The molecule has 0 heterocycles. The van der Waals surface area contributed by atoms with Crippen LogP contribution in [0.5, 0.6) is 0 Å². The Morgan fingerprint density at radius 2 is 1.30 bits per heavy atom. The third-order valence-corrected chi connectivity index (χ3v) is 5.97. The van der Waals surface area contributed by atoms with Crippen LogP contribution in [0, 0.1) is 0 Å². The molecule has 33 heavy (non-hydrogen) atoms. The molecule has 0 saturated carbocycles. The monoisotopic (exact) mass is 474 g/mol. The van der Waals surface area contributed by atoms with Gasteiger partial charge in [0.1, 0.15) is 0 Å². The smallest absolute Gasteiger partial charge is 0.318 e. The summed E-state index contributed by atoms with van der Waals surface area (Å²) in [6.45, 7) is 6.91. The van der Waals surface area contributed by atoms with Crippen molar-refractivity contribution in [2.45, 2.75) is 51.6 Å². The van der Waals surface area contributed by atoms with Crippen LogP contribution in [0.25, 0.3) is 0 Å². The first-order valence-corrected chi connectivity index (χ1v) is 12.6. The maximum atomic E-state index is 13.2. The van der Waals surface area contributed by atoms with Crippen molar-refractivity contribution in [1.29, 1.82) is 0 Å². The zero-order valence-corrected chi connectivity index (χ0v) is 20.8. The summed E-state index contributed by atoms with van der Waals surface area (Å²) in [6, 6.07) is 20.0. The third-order valence-electron chi connectivity index (χ3n) is 5.70. The minimum absolute atomic E-state index is 0.0693.